The second-order valence-electron chi connectivity index (χ2n) is 5.18. The Kier molecular flexibility index (Phi) is 6.00. The van der Waals surface area contributed by atoms with Crippen LogP contribution in [0.4, 0.5) is 9.93 Å². The van der Waals surface area contributed by atoms with Gasteiger partial charge in [-0.15, -0.1) is 22.7 Å². The Morgan fingerprint density at radius 2 is 1.79 bits per heavy atom. The van der Waals surface area contributed by atoms with Gasteiger partial charge in [0.1, 0.15) is 4.21 Å². The Morgan fingerprint density at radius 1 is 1.12 bits per heavy atom. The van der Waals surface area contributed by atoms with Gasteiger partial charge in [-0.2, -0.15) is 0 Å². The van der Waals surface area contributed by atoms with Gasteiger partial charge in [-0.25, -0.2) is 22.9 Å². The van der Waals surface area contributed by atoms with E-state index < -0.39 is 16.1 Å². The first kappa shape index (κ1) is 18.9. The molecule has 0 aliphatic rings. The monoisotopic (exact) mass is 387 g/mol. The van der Waals surface area contributed by atoms with Gasteiger partial charge in [0, 0.05) is 9.75 Å². The van der Waals surface area contributed by atoms with Crippen LogP contribution in [0, 0.1) is 6.92 Å². The maximum absolute atomic E-state index is 12.3. The summed E-state index contributed by atoms with van der Waals surface area (Å²) < 4.78 is 26.8. The fraction of sp³-hybridized carbons (Fsp3) is 0.467. The number of thiazole rings is 1. The van der Waals surface area contributed by atoms with E-state index >= 15 is 0 Å². The third-order valence-corrected chi connectivity index (χ3v) is 7.81. The van der Waals surface area contributed by atoms with Crippen molar-refractivity contribution in [1.82, 2.24) is 9.71 Å². The summed E-state index contributed by atoms with van der Waals surface area (Å²) in [5.74, 6) is 0. The van der Waals surface area contributed by atoms with Crippen LogP contribution in [0.5, 0.6) is 0 Å². The fourth-order valence-corrected chi connectivity index (χ4v) is 5.68. The molecule has 0 aromatic carbocycles. The largest absolute Gasteiger partial charge is 0.334 e. The Balaban J connectivity index is 2.11. The van der Waals surface area contributed by atoms with E-state index in [-0.39, 0.29) is 4.21 Å². The molecule has 6 nitrogen and oxygen atoms in total. The summed E-state index contributed by atoms with van der Waals surface area (Å²) in [6.07, 6.45) is 2.36. The summed E-state index contributed by atoms with van der Waals surface area (Å²) in [6.45, 7) is 7.84. The summed E-state index contributed by atoms with van der Waals surface area (Å²) in [6, 6.07) is 0.797. The number of rotatable bonds is 6. The molecule has 0 radical (unpaired) electrons. The number of nitrogens with zero attached hydrogens (tertiary/aromatic N) is 1. The molecule has 0 spiro atoms. The van der Waals surface area contributed by atoms with Crippen LogP contribution in [0.1, 0.15) is 41.8 Å². The number of sulfonamides is 1. The zero-order valence-electron chi connectivity index (χ0n) is 14.1. The number of carbonyl (C=O) groups is 1. The number of carbonyl (C=O) groups excluding carboxylic acids is 1. The smallest absolute Gasteiger partial charge is 0.283 e. The molecule has 0 saturated carbocycles. The molecule has 0 atom stereocenters. The van der Waals surface area contributed by atoms with E-state index in [2.05, 4.69) is 10.3 Å². The number of thiophene rings is 1. The molecule has 132 valence electrons. The zero-order chi connectivity index (χ0) is 17.9. The second kappa shape index (κ2) is 7.62. The molecule has 0 aliphatic heterocycles. The topological polar surface area (TPSA) is 88.2 Å². The predicted molar refractivity (Wildman–Crippen MR) is 98.6 cm³/mol. The molecule has 2 N–H and O–H groups in total. The first-order valence-corrected chi connectivity index (χ1v) is 10.8. The summed E-state index contributed by atoms with van der Waals surface area (Å²) >= 11 is 2.55. The quantitative estimate of drug-likeness (QED) is 0.791. The molecule has 0 unspecified atom stereocenters. The summed E-state index contributed by atoms with van der Waals surface area (Å²) in [5, 5.41) is 2.93. The zero-order valence-corrected chi connectivity index (χ0v) is 16.5. The van der Waals surface area contributed by atoms with Crippen LogP contribution in [0.15, 0.2) is 10.3 Å². The maximum Gasteiger partial charge on any atom is 0.334 e. The molecule has 0 aliphatic carbocycles. The fourth-order valence-electron chi connectivity index (χ4n) is 2.26. The molecule has 2 aromatic heterocycles. The van der Waals surface area contributed by atoms with Crippen LogP contribution in [-0.2, 0) is 29.3 Å². The van der Waals surface area contributed by atoms with E-state index in [9.17, 15) is 13.2 Å². The van der Waals surface area contributed by atoms with Crippen molar-refractivity contribution in [1.29, 1.82) is 0 Å². The molecule has 9 heteroatoms. The Hall–Kier alpha value is -1.45. The van der Waals surface area contributed by atoms with Gasteiger partial charge < -0.3 is 0 Å². The summed E-state index contributed by atoms with van der Waals surface area (Å²) in [7, 11) is -3.87. The average Bonchev–Trinajstić information content (AvgIpc) is 3.09. The van der Waals surface area contributed by atoms with E-state index in [1.807, 2.05) is 32.4 Å². The summed E-state index contributed by atoms with van der Waals surface area (Å²) in [4.78, 5) is 18.4. The van der Waals surface area contributed by atoms with E-state index in [0.29, 0.717) is 5.13 Å². The van der Waals surface area contributed by atoms with Gasteiger partial charge >= 0.3 is 6.03 Å². The van der Waals surface area contributed by atoms with Crippen molar-refractivity contribution < 1.29 is 13.2 Å². The first-order valence-electron chi connectivity index (χ1n) is 7.72. The minimum absolute atomic E-state index is 0.148. The lowest BCUT2D eigenvalue weighted by Gasteiger charge is -2.04. The van der Waals surface area contributed by atoms with Gasteiger partial charge in [0.25, 0.3) is 10.0 Å². The molecular weight excluding hydrogens is 366 g/mol. The number of hydrogen-bond acceptors (Lipinski definition) is 6. The maximum atomic E-state index is 12.3. The second-order valence-corrected chi connectivity index (χ2v) is 9.31. The number of urea groups is 1. The molecule has 0 bridgehead atoms. The number of nitrogens with one attached hydrogen (secondary N) is 2. The average molecular weight is 388 g/mol. The molecule has 2 rings (SSSR count). The number of aryl methyl sites for hydroxylation is 4. The van der Waals surface area contributed by atoms with Gasteiger partial charge in [0.05, 0.1) is 5.69 Å². The lowest BCUT2D eigenvalue weighted by molar-refractivity contribution is 0.256. The van der Waals surface area contributed by atoms with Crippen molar-refractivity contribution in [2.75, 3.05) is 5.32 Å². The van der Waals surface area contributed by atoms with Crippen LogP contribution in [0.2, 0.25) is 0 Å². The SMILES string of the molecule is CCc1nc(NC(=O)NS(=O)(=O)c2cc(C)c(CC)s2)sc1CC. The van der Waals surface area contributed by atoms with Crippen LogP contribution < -0.4 is 10.0 Å². The molecule has 2 aromatic rings. The number of aromatic nitrogens is 1. The highest BCUT2D eigenvalue weighted by atomic mass is 32.2. The van der Waals surface area contributed by atoms with Crippen LogP contribution in [-0.4, -0.2) is 19.4 Å². The lowest BCUT2D eigenvalue weighted by Crippen LogP contribution is -2.33. The minimum atomic E-state index is -3.87. The minimum Gasteiger partial charge on any atom is -0.283 e. The standard InChI is InChI=1S/C15H21N3O3S3/c1-5-10-12(7-3)23-15(16-10)17-14(19)18-24(20,21)13-8-9(4)11(6-2)22-13/h8H,5-7H2,1-4H3,(H2,16,17,18,19). The van der Waals surface area contributed by atoms with Crippen molar-refractivity contribution >= 4 is 43.9 Å². The van der Waals surface area contributed by atoms with E-state index in [0.717, 1.165) is 40.3 Å². The van der Waals surface area contributed by atoms with Crippen molar-refractivity contribution in [2.24, 2.45) is 0 Å². The van der Waals surface area contributed by atoms with Gasteiger partial charge in [0.2, 0.25) is 0 Å². The third kappa shape index (κ3) is 4.14. The molecule has 0 saturated heterocycles. The highest BCUT2D eigenvalue weighted by Crippen LogP contribution is 2.27. The molecule has 2 heterocycles. The van der Waals surface area contributed by atoms with Crippen LogP contribution in [0.25, 0.3) is 0 Å². The highest BCUT2D eigenvalue weighted by molar-refractivity contribution is 7.92. The van der Waals surface area contributed by atoms with Crippen molar-refractivity contribution in [3.05, 3.63) is 27.1 Å². The van der Waals surface area contributed by atoms with Crippen molar-refractivity contribution in [2.45, 2.75) is 51.2 Å². The lowest BCUT2D eigenvalue weighted by atomic mass is 10.2. The number of amides is 2. The van der Waals surface area contributed by atoms with Crippen molar-refractivity contribution in [3.8, 4) is 0 Å². The Morgan fingerprint density at radius 3 is 2.29 bits per heavy atom. The summed E-state index contributed by atoms with van der Waals surface area (Å²) in [5.41, 5.74) is 1.85. The Labute approximate surface area is 150 Å². The third-order valence-electron chi connectivity index (χ3n) is 3.47. The molecule has 24 heavy (non-hydrogen) atoms. The van der Waals surface area contributed by atoms with E-state index in [1.165, 1.54) is 22.7 Å². The normalized spacial score (nSPS) is 11.5. The van der Waals surface area contributed by atoms with E-state index in [1.54, 1.807) is 6.07 Å². The van der Waals surface area contributed by atoms with Crippen molar-refractivity contribution in [3.63, 3.8) is 0 Å². The molecule has 0 fully saturated rings. The van der Waals surface area contributed by atoms with Gasteiger partial charge in [0.15, 0.2) is 5.13 Å². The first-order chi connectivity index (χ1) is 11.3. The van der Waals surface area contributed by atoms with Gasteiger partial charge in [-0.3, -0.25) is 5.32 Å². The van der Waals surface area contributed by atoms with Crippen LogP contribution >= 0.6 is 22.7 Å². The molecular formula is C15H21N3O3S3. The number of hydrogen-bond donors (Lipinski definition) is 2. The van der Waals surface area contributed by atoms with Gasteiger partial charge in [-0.1, -0.05) is 20.8 Å². The predicted octanol–water partition coefficient (Wildman–Crippen LogP) is 3.71. The van der Waals surface area contributed by atoms with Gasteiger partial charge in [-0.05, 0) is 37.8 Å². The highest BCUT2D eigenvalue weighted by Gasteiger charge is 2.22. The van der Waals surface area contributed by atoms with E-state index in [4.69, 9.17) is 0 Å². The molecule has 2 amide bonds. The van der Waals surface area contributed by atoms with Crippen LogP contribution in [0.3, 0.4) is 0 Å². The Bertz CT molecular complexity index is 816. The number of anilines is 1.